The predicted molar refractivity (Wildman–Crippen MR) is 93.7 cm³/mol. The van der Waals surface area contributed by atoms with Gasteiger partial charge in [0.05, 0.1) is 0 Å². The zero-order valence-corrected chi connectivity index (χ0v) is 14.1. The molecule has 1 heterocycles. The molecular weight excluding hydrogens is 268 g/mol. The standard InChI is InChI=1S/C20H32N2/c1-17(11-14-21)18-9-12-20(13-10-18,22-15-5-6-16-22)19-7-3-2-4-8-19/h2-4,7-8,17-18H,5-6,9-16,21H2,1H3. The SMILES string of the molecule is CC(CCN)C1CCC(c2ccccc2)(N2CCCC2)CC1. The highest BCUT2D eigenvalue weighted by Crippen LogP contribution is 2.47. The minimum absolute atomic E-state index is 0.316. The molecule has 3 rings (SSSR count). The van der Waals surface area contributed by atoms with E-state index in [1.54, 1.807) is 5.56 Å². The van der Waals surface area contributed by atoms with E-state index in [0.717, 1.165) is 18.4 Å². The fourth-order valence-corrected chi connectivity index (χ4v) is 4.87. The van der Waals surface area contributed by atoms with E-state index in [-0.39, 0.29) is 0 Å². The Bertz CT molecular complexity index is 442. The molecule has 1 saturated heterocycles. The fourth-order valence-electron chi connectivity index (χ4n) is 4.87. The van der Waals surface area contributed by atoms with Crippen LogP contribution in [0.4, 0.5) is 0 Å². The summed E-state index contributed by atoms with van der Waals surface area (Å²) in [5.74, 6) is 1.67. The Morgan fingerprint density at radius 1 is 1.14 bits per heavy atom. The summed E-state index contributed by atoms with van der Waals surface area (Å²) >= 11 is 0. The molecule has 2 N–H and O–H groups in total. The van der Waals surface area contributed by atoms with E-state index in [2.05, 4.69) is 42.2 Å². The molecule has 1 aliphatic carbocycles. The maximum atomic E-state index is 5.77. The topological polar surface area (TPSA) is 29.3 Å². The number of likely N-dealkylation sites (tertiary alicyclic amines) is 1. The lowest BCUT2D eigenvalue weighted by atomic mass is 9.68. The van der Waals surface area contributed by atoms with Gasteiger partial charge in [0.2, 0.25) is 0 Å². The van der Waals surface area contributed by atoms with Crippen molar-refractivity contribution in [3.05, 3.63) is 35.9 Å². The number of benzene rings is 1. The number of rotatable bonds is 5. The van der Waals surface area contributed by atoms with E-state index in [9.17, 15) is 0 Å². The van der Waals surface area contributed by atoms with Gasteiger partial charge in [-0.15, -0.1) is 0 Å². The van der Waals surface area contributed by atoms with Gasteiger partial charge >= 0.3 is 0 Å². The minimum Gasteiger partial charge on any atom is -0.330 e. The molecular formula is C20H32N2. The Labute approximate surface area is 136 Å². The summed E-state index contributed by atoms with van der Waals surface area (Å²) in [5.41, 5.74) is 7.65. The van der Waals surface area contributed by atoms with Crippen molar-refractivity contribution in [2.24, 2.45) is 17.6 Å². The maximum Gasteiger partial charge on any atom is 0.0460 e. The van der Waals surface area contributed by atoms with Crippen LogP contribution in [-0.4, -0.2) is 24.5 Å². The largest absolute Gasteiger partial charge is 0.330 e. The van der Waals surface area contributed by atoms with Gasteiger partial charge in [-0.1, -0.05) is 37.3 Å². The van der Waals surface area contributed by atoms with Gasteiger partial charge in [-0.25, -0.2) is 0 Å². The van der Waals surface area contributed by atoms with Gasteiger partial charge in [-0.3, -0.25) is 4.90 Å². The molecule has 1 aromatic carbocycles. The lowest BCUT2D eigenvalue weighted by Crippen LogP contribution is -2.47. The minimum atomic E-state index is 0.316. The summed E-state index contributed by atoms with van der Waals surface area (Å²) in [6.45, 7) is 5.83. The molecule has 2 nitrogen and oxygen atoms in total. The van der Waals surface area contributed by atoms with Crippen molar-refractivity contribution in [2.75, 3.05) is 19.6 Å². The van der Waals surface area contributed by atoms with Gasteiger partial charge in [0.1, 0.15) is 0 Å². The highest BCUT2D eigenvalue weighted by Gasteiger charge is 2.43. The lowest BCUT2D eigenvalue weighted by Gasteiger charge is -2.48. The lowest BCUT2D eigenvalue weighted by molar-refractivity contribution is 0.0414. The first-order valence-electron chi connectivity index (χ1n) is 9.27. The van der Waals surface area contributed by atoms with Crippen LogP contribution < -0.4 is 5.73 Å². The molecule has 2 aliphatic rings. The number of nitrogens with two attached hydrogens (primary N) is 1. The van der Waals surface area contributed by atoms with Crippen molar-refractivity contribution in [3.63, 3.8) is 0 Å². The Hall–Kier alpha value is -0.860. The van der Waals surface area contributed by atoms with Crippen LogP contribution in [0.3, 0.4) is 0 Å². The van der Waals surface area contributed by atoms with E-state index in [4.69, 9.17) is 5.73 Å². The highest BCUT2D eigenvalue weighted by atomic mass is 15.2. The second-order valence-electron chi connectivity index (χ2n) is 7.48. The second kappa shape index (κ2) is 7.14. The predicted octanol–water partition coefficient (Wildman–Crippen LogP) is 4.15. The normalized spacial score (nSPS) is 31.3. The summed E-state index contributed by atoms with van der Waals surface area (Å²) < 4.78 is 0. The average Bonchev–Trinajstić information content (AvgIpc) is 3.11. The summed E-state index contributed by atoms with van der Waals surface area (Å²) in [6.07, 6.45) is 9.34. The van der Waals surface area contributed by atoms with Gasteiger partial charge in [-0.05, 0) is 82.0 Å². The highest BCUT2D eigenvalue weighted by molar-refractivity contribution is 5.26. The molecule has 22 heavy (non-hydrogen) atoms. The van der Waals surface area contributed by atoms with E-state index in [1.807, 2.05) is 0 Å². The first-order chi connectivity index (χ1) is 10.8. The zero-order chi connectivity index (χ0) is 15.4. The Morgan fingerprint density at radius 3 is 2.36 bits per heavy atom. The summed E-state index contributed by atoms with van der Waals surface area (Å²) in [4.78, 5) is 2.80. The van der Waals surface area contributed by atoms with Gasteiger partial charge in [0, 0.05) is 5.54 Å². The van der Waals surface area contributed by atoms with Crippen LogP contribution in [0.15, 0.2) is 30.3 Å². The van der Waals surface area contributed by atoms with Crippen molar-refractivity contribution < 1.29 is 0 Å². The molecule has 1 atom stereocenters. The summed E-state index contributed by atoms with van der Waals surface area (Å²) in [5, 5.41) is 0. The van der Waals surface area contributed by atoms with Gasteiger partial charge in [0.15, 0.2) is 0 Å². The van der Waals surface area contributed by atoms with Gasteiger partial charge < -0.3 is 5.73 Å². The maximum absolute atomic E-state index is 5.77. The molecule has 0 amide bonds. The van der Waals surface area contributed by atoms with Crippen LogP contribution >= 0.6 is 0 Å². The molecule has 0 aromatic heterocycles. The Kier molecular flexibility index (Phi) is 5.20. The molecule has 1 unspecified atom stereocenters. The summed E-state index contributed by atoms with van der Waals surface area (Å²) in [7, 11) is 0. The Morgan fingerprint density at radius 2 is 1.77 bits per heavy atom. The Balaban J connectivity index is 1.78. The first-order valence-corrected chi connectivity index (χ1v) is 9.27. The van der Waals surface area contributed by atoms with E-state index in [1.165, 1.54) is 58.0 Å². The number of nitrogens with zero attached hydrogens (tertiary/aromatic N) is 1. The van der Waals surface area contributed by atoms with Crippen LogP contribution in [-0.2, 0) is 5.54 Å². The number of hydrogen-bond acceptors (Lipinski definition) is 2. The van der Waals surface area contributed by atoms with E-state index in [0.29, 0.717) is 5.54 Å². The average molecular weight is 300 g/mol. The van der Waals surface area contributed by atoms with Crippen molar-refractivity contribution in [2.45, 2.75) is 57.4 Å². The van der Waals surface area contributed by atoms with Crippen molar-refractivity contribution in [1.82, 2.24) is 4.90 Å². The molecule has 0 radical (unpaired) electrons. The monoisotopic (exact) mass is 300 g/mol. The molecule has 2 heteroatoms. The van der Waals surface area contributed by atoms with Crippen molar-refractivity contribution in [1.29, 1.82) is 0 Å². The van der Waals surface area contributed by atoms with Gasteiger partial charge in [0.25, 0.3) is 0 Å². The first kappa shape index (κ1) is 16.0. The molecule has 0 bridgehead atoms. The van der Waals surface area contributed by atoms with Crippen LogP contribution in [0.25, 0.3) is 0 Å². The van der Waals surface area contributed by atoms with Crippen LogP contribution in [0, 0.1) is 11.8 Å². The third-order valence-electron chi connectivity index (χ3n) is 6.31. The number of hydrogen-bond donors (Lipinski definition) is 1. The van der Waals surface area contributed by atoms with Crippen LogP contribution in [0.5, 0.6) is 0 Å². The fraction of sp³-hybridized carbons (Fsp3) is 0.700. The van der Waals surface area contributed by atoms with Crippen LogP contribution in [0.2, 0.25) is 0 Å². The molecule has 2 fully saturated rings. The molecule has 122 valence electrons. The molecule has 1 aromatic rings. The summed E-state index contributed by atoms with van der Waals surface area (Å²) in [6, 6.07) is 11.3. The van der Waals surface area contributed by atoms with E-state index >= 15 is 0 Å². The van der Waals surface area contributed by atoms with E-state index < -0.39 is 0 Å². The van der Waals surface area contributed by atoms with Crippen molar-refractivity contribution in [3.8, 4) is 0 Å². The van der Waals surface area contributed by atoms with Gasteiger partial charge in [-0.2, -0.15) is 0 Å². The smallest absolute Gasteiger partial charge is 0.0460 e. The molecule has 1 aliphatic heterocycles. The van der Waals surface area contributed by atoms with Crippen LogP contribution in [0.1, 0.15) is 57.4 Å². The molecule has 1 saturated carbocycles. The van der Waals surface area contributed by atoms with Crippen molar-refractivity contribution >= 4 is 0 Å². The zero-order valence-electron chi connectivity index (χ0n) is 14.1. The quantitative estimate of drug-likeness (QED) is 0.885. The molecule has 0 spiro atoms. The third kappa shape index (κ3) is 3.09. The third-order valence-corrected chi connectivity index (χ3v) is 6.31. The second-order valence-corrected chi connectivity index (χ2v) is 7.48.